The first-order valence-electron chi connectivity index (χ1n) is 9.25. The fourth-order valence-electron chi connectivity index (χ4n) is 3.06. The van der Waals surface area contributed by atoms with E-state index in [0.717, 1.165) is 45.8 Å². The molecule has 1 aromatic carbocycles. The Labute approximate surface area is 175 Å². The molecule has 2 aromatic heterocycles. The molecule has 31 heavy (non-hydrogen) atoms. The van der Waals surface area contributed by atoms with Crippen molar-refractivity contribution in [2.24, 2.45) is 5.73 Å². The molecule has 0 aliphatic carbocycles. The topological polar surface area (TPSA) is 121 Å². The predicted octanol–water partition coefficient (Wildman–Crippen LogP) is 3.12. The third-order valence-corrected chi connectivity index (χ3v) is 4.58. The van der Waals surface area contributed by atoms with E-state index in [4.69, 9.17) is 15.6 Å². The number of hydrogen-bond donors (Lipinski definition) is 4. The van der Waals surface area contributed by atoms with Crippen LogP contribution in [0.5, 0.6) is 0 Å². The highest BCUT2D eigenvalue weighted by Crippen LogP contribution is 2.27. The fraction of sp³-hybridized carbons (Fsp3) is 0.190. The summed E-state index contributed by atoms with van der Waals surface area (Å²) in [6.45, 7) is 1.19. The maximum Gasteiger partial charge on any atom is 0.490 e. The van der Waals surface area contributed by atoms with Crippen molar-refractivity contribution in [1.29, 1.82) is 0 Å². The van der Waals surface area contributed by atoms with Gasteiger partial charge in [-0.2, -0.15) is 13.2 Å². The second-order valence-corrected chi connectivity index (χ2v) is 6.72. The van der Waals surface area contributed by atoms with E-state index in [9.17, 15) is 18.0 Å². The predicted molar refractivity (Wildman–Crippen MR) is 107 cm³/mol. The summed E-state index contributed by atoms with van der Waals surface area (Å²) in [5, 5.41) is 9.99. The standard InChI is InChI=1S/C19H18N4O.C2HF3O2/c20-11-12-2-1-3-13(8-12)17-9-14(4-6-21-17)18-10-15-16(23-18)5-7-22-19(15)24;3-2(4,5)1(6)7/h1-4,6,8-10,23H,5,7,11,20H2,(H,22,24);(H,6,7). The maximum atomic E-state index is 11.9. The van der Waals surface area contributed by atoms with Crippen LogP contribution in [0.25, 0.3) is 22.5 Å². The Kier molecular flexibility index (Phi) is 6.40. The lowest BCUT2D eigenvalue weighted by Crippen LogP contribution is -2.31. The Hall–Kier alpha value is -3.66. The van der Waals surface area contributed by atoms with Crippen LogP contribution in [-0.4, -0.2) is 39.7 Å². The highest BCUT2D eigenvalue weighted by molar-refractivity contribution is 5.97. The van der Waals surface area contributed by atoms with Gasteiger partial charge in [0, 0.05) is 48.2 Å². The Morgan fingerprint density at radius 1 is 1.16 bits per heavy atom. The number of aromatic amines is 1. The number of aliphatic carboxylic acids is 1. The van der Waals surface area contributed by atoms with Crippen molar-refractivity contribution in [1.82, 2.24) is 15.3 Å². The Bertz CT molecular complexity index is 1110. The minimum absolute atomic E-state index is 0.0105. The van der Waals surface area contributed by atoms with Gasteiger partial charge >= 0.3 is 12.1 Å². The summed E-state index contributed by atoms with van der Waals surface area (Å²) < 4.78 is 31.7. The van der Waals surface area contributed by atoms with E-state index in [1.54, 1.807) is 6.20 Å². The Balaban J connectivity index is 0.000000339. The molecule has 0 bridgehead atoms. The highest BCUT2D eigenvalue weighted by Gasteiger charge is 2.38. The van der Waals surface area contributed by atoms with Crippen molar-refractivity contribution in [3.05, 3.63) is 65.5 Å². The molecule has 3 heterocycles. The van der Waals surface area contributed by atoms with Gasteiger partial charge in [0.2, 0.25) is 0 Å². The van der Waals surface area contributed by atoms with Crippen molar-refractivity contribution >= 4 is 11.9 Å². The smallest absolute Gasteiger partial charge is 0.475 e. The monoisotopic (exact) mass is 432 g/mol. The molecule has 0 atom stereocenters. The number of nitrogens with two attached hydrogens (primary N) is 1. The van der Waals surface area contributed by atoms with E-state index in [2.05, 4.69) is 21.4 Å². The van der Waals surface area contributed by atoms with Crippen LogP contribution < -0.4 is 11.1 Å². The van der Waals surface area contributed by atoms with Crippen LogP contribution in [0, 0.1) is 0 Å². The molecule has 5 N–H and O–H groups in total. The van der Waals surface area contributed by atoms with E-state index >= 15 is 0 Å². The van der Waals surface area contributed by atoms with Crippen LogP contribution in [0.2, 0.25) is 0 Å². The zero-order valence-corrected chi connectivity index (χ0v) is 16.2. The van der Waals surface area contributed by atoms with Crippen molar-refractivity contribution in [3.63, 3.8) is 0 Å². The molecular formula is C21H19F3N4O3. The minimum Gasteiger partial charge on any atom is -0.475 e. The van der Waals surface area contributed by atoms with Crippen LogP contribution in [-0.2, 0) is 17.8 Å². The average molecular weight is 432 g/mol. The van der Waals surface area contributed by atoms with Gasteiger partial charge in [0.1, 0.15) is 0 Å². The lowest BCUT2D eigenvalue weighted by atomic mass is 10.0. The number of carbonyl (C=O) groups excluding carboxylic acids is 1. The van der Waals surface area contributed by atoms with Crippen LogP contribution >= 0.6 is 0 Å². The van der Waals surface area contributed by atoms with E-state index in [1.165, 1.54) is 0 Å². The molecule has 0 radical (unpaired) electrons. The van der Waals surface area contributed by atoms with E-state index < -0.39 is 12.1 Å². The number of benzene rings is 1. The van der Waals surface area contributed by atoms with E-state index in [0.29, 0.717) is 13.1 Å². The molecule has 0 spiro atoms. The number of H-pyrrole nitrogens is 1. The van der Waals surface area contributed by atoms with Gasteiger partial charge in [-0.1, -0.05) is 18.2 Å². The number of nitrogens with one attached hydrogen (secondary N) is 2. The summed E-state index contributed by atoms with van der Waals surface area (Å²) in [4.78, 5) is 28.7. The SMILES string of the molecule is NCc1cccc(-c2cc(-c3cc4c([nH]3)CCNC4=O)ccn2)c1.O=C(O)C(F)(F)F. The number of alkyl halides is 3. The zero-order chi connectivity index (χ0) is 22.6. The van der Waals surface area contributed by atoms with Gasteiger partial charge in [-0.05, 0) is 29.8 Å². The third-order valence-electron chi connectivity index (χ3n) is 4.58. The van der Waals surface area contributed by atoms with E-state index in [1.807, 2.05) is 36.4 Å². The van der Waals surface area contributed by atoms with Gasteiger partial charge in [0.25, 0.3) is 5.91 Å². The largest absolute Gasteiger partial charge is 0.490 e. The van der Waals surface area contributed by atoms with Gasteiger partial charge in [-0.15, -0.1) is 0 Å². The van der Waals surface area contributed by atoms with Gasteiger partial charge in [-0.25, -0.2) is 4.79 Å². The van der Waals surface area contributed by atoms with E-state index in [-0.39, 0.29) is 5.91 Å². The summed E-state index contributed by atoms with van der Waals surface area (Å²) in [5.41, 5.74) is 12.4. The molecule has 0 saturated heterocycles. The third kappa shape index (κ3) is 5.28. The number of carboxylic acids is 1. The maximum absolute atomic E-state index is 11.9. The summed E-state index contributed by atoms with van der Waals surface area (Å²) in [6, 6.07) is 14.0. The first kappa shape index (κ1) is 22.0. The number of carboxylic acid groups (broad SMARTS) is 1. The van der Waals surface area contributed by atoms with Crippen molar-refractivity contribution in [2.75, 3.05) is 6.54 Å². The number of fused-ring (bicyclic) bond motifs is 1. The molecule has 7 nitrogen and oxygen atoms in total. The zero-order valence-electron chi connectivity index (χ0n) is 16.2. The van der Waals surface area contributed by atoms with Crippen LogP contribution in [0.1, 0.15) is 21.6 Å². The summed E-state index contributed by atoms with van der Waals surface area (Å²) in [7, 11) is 0. The number of carbonyl (C=O) groups is 2. The molecule has 0 fully saturated rings. The molecule has 3 aromatic rings. The van der Waals surface area contributed by atoms with Crippen molar-refractivity contribution in [2.45, 2.75) is 19.1 Å². The van der Waals surface area contributed by atoms with Crippen LogP contribution in [0.3, 0.4) is 0 Å². The number of pyridine rings is 1. The molecule has 0 unspecified atom stereocenters. The second-order valence-electron chi connectivity index (χ2n) is 6.72. The van der Waals surface area contributed by atoms with Gasteiger partial charge < -0.3 is 21.1 Å². The first-order chi connectivity index (χ1) is 14.7. The number of hydrogen-bond acceptors (Lipinski definition) is 4. The quantitative estimate of drug-likeness (QED) is 0.507. The Morgan fingerprint density at radius 2 is 1.90 bits per heavy atom. The number of aromatic nitrogens is 2. The lowest BCUT2D eigenvalue weighted by Gasteiger charge is -2.11. The number of amides is 1. The van der Waals surface area contributed by atoms with Crippen LogP contribution in [0.4, 0.5) is 13.2 Å². The summed E-state index contributed by atoms with van der Waals surface area (Å²) in [5.74, 6) is -2.77. The molecule has 1 amide bonds. The molecule has 1 aliphatic rings. The van der Waals surface area contributed by atoms with Gasteiger partial charge in [-0.3, -0.25) is 9.78 Å². The molecule has 10 heteroatoms. The average Bonchev–Trinajstić information content (AvgIpc) is 3.20. The first-order valence-corrected chi connectivity index (χ1v) is 9.25. The Morgan fingerprint density at radius 3 is 2.55 bits per heavy atom. The molecule has 4 rings (SSSR count). The van der Waals surface area contributed by atoms with Crippen molar-refractivity contribution in [3.8, 4) is 22.5 Å². The molecule has 162 valence electrons. The highest BCUT2D eigenvalue weighted by atomic mass is 19.4. The number of halogens is 3. The van der Waals surface area contributed by atoms with Gasteiger partial charge in [0.15, 0.2) is 0 Å². The molecular weight excluding hydrogens is 413 g/mol. The van der Waals surface area contributed by atoms with Crippen LogP contribution in [0.15, 0.2) is 48.7 Å². The molecule has 0 saturated carbocycles. The second kappa shape index (κ2) is 9.00. The molecule has 1 aliphatic heterocycles. The normalized spacial score (nSPS) is 13.0. The minimum atomic E-state index is -5.08. The number of rotatable bonds is 3. The number of nitrogens with zero attached hydrogens (tertiary/aromatic N) is 1. The van der Waals surface area contributed by atoms with Gasteiger partial charge in [0.05, 0.1) is 11.3 Å². The summed E-state index contributed by atoms with van der Waals surface area (Å²) >= 11 is 0. The fourth-order valence-corrected chi connectivity index (χ4v) is 3.06. The van der Waals surface area contributed by atoms with Crippen molar-refractivity contribution < 1.29 is 27.9 Å². The summed E-state index contributed by atoms with van der Waals surface area (Å²) in [6.07, 6.45) is -2.46. The lowest BCUT2D eigenvalue weighted by molar-refractivity contribution is -0.192.